The van der Waals surface area contributed by atoms with Gasteiger partial charge in [0.2, 0.25) is 0 Å². The number of nitrogens with zero attached hydrogens (tertiary/aromatic N) is 1. The van der Waals surface area contributed by atoms with Crippen LogP contribution >= 0.6 is 12.4 Å². The molecule has 2 heteroatoms. The molecular formula is C14H24ClN. The van der Waals surface area contributed by atoms with Gasteiger partial charge in [-0.3, -0.25) is 4.98 Å². The van der Waals surface area contributed by atoms with E-state index in [1.807, 2.05) is 12.3 Å². The van der Waals surface area contributed by atoms with Gasteiger partial charge in [-0.1, -0.05) is 45.6 Å². The first-order valence-corrected chi connectivity index (χ1v) is 6.22. The maximum atomic E-state index is 4.35. The van der Waals surface area contributed by atoms with Crippen molar-refractivity contribution in [2.45, 2.75) is 52.4 Å². The van der Waals surface area contributed by atoms with Crippen molar-refractivity contribution in [3.8, 4) is 0 Å². The molecule has 0 fully saturated rings. The fourth-order valence-electron chi connectivity index (χ4n) is 1.83. The molecular weight excluding hydrogens is 218 g/mol. The van der Waals surface area contributed by atoms with E-state index in [1.54, 1.807) is 0 Å². The van der Waals surface area contributed by atoms with Crippen molar-refractivity contribution in [1.29, 1.82) is 0 Å². The lowest BCUT2D eigenvalue weighted by Crippen LogP contribution is -1.98. The largest absolute Gasteiger partial charge is 0.261 e. The topological polar surface area (TPSA) is 12.9 Å². The summed E-state index contributed by atoms with van der Waals surface area (Å²) in [5.74, 6) is 0.846. The van der Waals surface area contributed by atoms with E-state index in [-0.39, 0.29) is 12.4 Å². The van der Waals surface area contributed by atoms with Crippen LogP contribution in [0.25, 0.3) is 0 Å². The summed E-state index contributed by atoms with van der Waals surface area (Å²) in [4.78, 5) is 4.35. The minimum absolute atomic E-state index is 0. The highest BCUT2D eigenvalue weighted by atomic mass is 35.5. The lowest BCUT2D eigenvalue weighted by molar-refractivity contribution is 0.462. The monoisotopic (exact) mass is 241 g/mol. The van der Waals surface area contributed by atoms with Crippen LogP contribution in [-0.4, -0.2) is 4.98 Å². The molecule has 16 heavy (non-hydrogen) atoms. The zero-order valence-electron chi connectivity index (χ0n) is 10.5. The van der Waals surface area contributed by atoms with Crippen molar-refractivity contribution in [1.82, 2.24) is 4.98 Å². The molecule has 0 bridgehead atoms. The summed E-state index contributed by atoms with van der Waals surface area (Å²) in [6, 6.07) is 6.18. The van der Waals surface area contributed by atoms with Gasteiger partial charge in [0.05, 0.1) is 0 Å². The first kappa shape index (κ1) is 15.4. The smallest absolute Gasteiger partial charge is 0.0403 e. The van der Waals surface area contributed by atoms with Crippen molar-refractivity contribution in [3.63, 3.8) is 0 Å². The van der Waals surface area contributed by atoms with Crippen LogP contribution in [0.2, 0.25) is 0 Å². The van der Waals surface area contributed by atoms with Gasteiger partial charge in [-0.25, -0.2) is 0 Å². The van der Waals surface area contributed by atoms with Crippen LogP contribution in [0.4, 0.5) is 0 Å². The third-order valence-electron chi connectivity index (χ3n) is 2.92. The van der Waals surface area contributed by atoms with Crippen LogP contribution in [-0.2, 0) is 6.42 Å². The highest BCUT2D eigenvalue weighted by Gasteiger charge is 2.02. The van der Waals surface area contributed by atoms with Gasteiger partial charge in [0.25, 0.3) is 0 Å². The van der Waals surface area contributed by atoms with Crippen molar-refractivity contribution >= 4 is 12.4 Å². The van der Waals surface area contributed by atoms with Gasteiger partial charge in [0, 0.05) is 11.9 Å². The van der Waals surface area contributed by atoms with E-state index in [0.717, 1.165) is 12.3 Å². The minimum atomic E-state index is 0. The van der Waals surface area contributed by atoms with Crippen LogP contribution in [0.15, 0.2) is 24.4 Å². The predicted octanol–water partition coefficient (Wildman–Crippen LogP) is 4.65. The molecule has 92 valence electrons. The molecule has 0 saturated heterocycles. The van der Waals surface area contributed by atoms with E-state index >= 15 is 0 Å². The molecule has 1 rings (SSSR count). The Morgan fingerprint density at radius 1 is 1.19 bits per heavy atom. The number of rotatable bonds is 7. The Morgan fingerprint density at radius 2 is 2.00 bits per heavy atom. The minimum Gasteiger partial charge on any atom is -0.261 e. The zero-order chi connectivity index (χ0) is 10.9. The van der Waals surface area contributed by atoms with E-state index in [4.69, 9.17) is 0 Å². The number of hydrogen-bond donors (Lipinski definition) is 0. The summed E-state index contributed by atoms with van der Waals surface area (Å²) in [5, 5.41) is 0. The normalized spacial score (nSPS) is 11.9. The average Bonchev–Trinajstić information content (AvgIpc) is 2.28. The third-order valence-corrected chi connectivity index (χ3v) is 2.92. The fraction of sp³-hybridized carbons (Fsp3) is 0.643. The van der Waals surface area contributed by atoms with E-state index < -0.39 is 0 Å². The highest BCUT2D eigenvalue weighted by molar-refractivity contribution is 5.85. The quantitative estimate of drug-likeness (QED) is 0.633. The standard InChI is InChI=1S/C14H23N.ClH/c1-3-4-5-8-13(2)10-11-14-9-6-7-12-15-14;/h6-7,9,12-13H,3-5,8,10-11H2,1-2H3;1H. The number of aryl methyl sites for hydroxylation is 1. The van der Waals surface area contributed by atoms with E-state index in [1.165, 1.54) is 37.8 Å². The molecule has 0 N–H and O–H groups in total. The average molecular weight is 242 g/mol. The Bertz CT molecular complexity index is 248. The SMILES string of the molecule is CCCCCC(C)CCc1ccccn1.Cl. The molecule has 1 unspecified atom stereocenters. The van der Waals surface area contributed by atoms with Crippen LogP contribution in [0, 0.1) is 5.92 Å². The van der Waals surface area contributed by atoms with Gasteiger partial charge in [0.15, 0.2) is 0 Å². The molecule has 0 aliphatic carbocycles. The molecule has 0 radical (unpaired) electrons. The summed E-state index contributed by atoms with van der Waals surface area (Å²) < 4.78 is 0. The second-order valence-corrected chi connectivity index (χ2v) is 4.46. The van der Waals surface area contributed by atoms with E-state index in [9.17, 15) is 0 Å². The van der Waals surface area contributed by atoms with Gasteiger partial charge >= 0.3 is 0 Å². The van der Waals surface area contributed by atoms with Crippen LogP contribution < -0.4 is 0 Å². The van der Waals surface area contributed by atoms with Gasteiger partial charge in [-0.15, -0.1) is 12.4 Å². The second kappa shape index (κ2) is 9.65. The van der Waals surface area contributed by atoms with Crippen molar-refractivity contribution < 1.29 is 0 Å². The van der Waals surface area contributed by atoms with Crippen molar-refractivity contribution in [2.24, 2.45) is 5.92 Å². The maximum Gasteiger partial charge on any atom is 0.0403 e. The highest BCUT2D eigenvalue weighted by Crippen LogP contribution is 2.15. The first-order chi connectivity index (χ1) is 7.33. The summed E-state index contributed by atoms with van der Waals surface area (Å²) in [7, 11) is 0. The Morgan fingerprint density at radius 3 is 2.62 bits per heavy atom. The number of pyridine rings is 1. The molecule has 0 saturated carbocycles. The molecule has 0 aromatic carbocycles. The number of halogens is 1. The van der Waals surface area contributed by atoms with Gasteiger partial charge in [0.1, 0.15) is 0 Å². The van der Waals surface area contributed by atoms with Crippen molar-refractivity contribution in [2.75, 3.05) is 0 Å². The van der Waals surface area contributed by atoms with Gasteiger partial charge in [-0.05, 0) is 30.9 Å². The molecule has 0 spiro atoms. The Labute approximate surface area is 106 Å². The number of unbranched alkanes of at least 4 members (excludes halogenated alkanes) is 2. The summed E-state index contributed by atoms with van der Waals surface area (Å²) in [6.45, 7) is 4.62. The Balaban J connectivity index is 0.00000225. The summed E-state index contributed by atoms with van der Waals surface area (Å²) >= 11 is 0. The van der Waals surface area contributed by atoms with Gasteiger partial charge < -0.3 is 0 Å². The molecule has 0 aliphatic rings. The van der Waals surface area contributed by atoms with Crippen LogP contribution in [0.1, 0.15) is 51.6 Å². The van der Waals surface area contributed by atoms with Gasteiger partial charge in [-0.2, -0.15) is 0 Å². The zero-order valence-corrected chi connectivity index (χ0v) is 11.3. The Hall–Kier alpha value is -0.560. The molecule has 1 aromatic rings. The number of aromatic nitrogens is 1. The van der Waals surface area contributed by atoms with E-state index in [0.29, 0.717) is 0 Å². The fourth-order valence-corrected chi connectivity index (χ4v) is 1.83. The lowest BCUT2D eigenvalue weighted by atomic mass is 9.97. The third kappa shape index (κ3) is 6.84. The summed E-state index contributed by atoms with van der Waals surface area (Å²) in [5.41, 5.74) is 1.24. The summed E-state index contributed by atoms with van der Waals surface area (Å²) in [6.07, 6.45) is 9.77. The van der Waals surface area contributed by atoms with Crippen molar-refractivity contribution in [3.05, 3.63) is 30.1 Å². The molecule has 1 nitrogen and oxygen atoms in total. The maximum absolute atomic E-state index is 4.35. The molecule has 1 heterocycles. The molecule has 1 atom stereocenters. The first-order valence-electron chi connectivity index (χ1n) is 6.22. The van der Waals surface area contributed by atoms with E-state index in [2.05, 4.69) is 31.0 Å². The number of hydrogen-bond acceptors (Lipinski definition) is 1. The molecule has 0 aliphatic heterocycles. The lowest BCUT2D eigenvalue weighted by Gasteiger charge is -2.10. The molecule has 0 amide bonds. The Kier molecular flexibility index (Phi) is 9.31. The second-order valence-electron chi connectivity index (χ2n) is 4.46. The molecule has 1 aromatic heterocycles. The predicted molar refractivity (Wildman–Crippen MR) is 73.1 cm³/mol. The van der Waals surface area contributed by atoms with Crippen LogP contribution in [0.3, 0.4) is 0 Å². The van der Waals surface area contributed by atoms with Crippen LogP contribution in [0.5, 0.6) is 0 Å².